The van der Waals surface area contributed by atoms with E-state index in [-0.39, 0.29) is 0 Å². The van der Waals surface area contributed by atoms with Crippen molar-refractivity contribution in [3.63, 3.8) is 0 Å². The summed E-state index contributed by atoms with van der Waals surface area (Å²) in [6, 6.07) is 0. The van der Waals surface area contributed by atoms with E-state index in [9.17, 15) is 0 Å². The van der Waals surface area contributed by atoms with Crippen LogP contribution < -0.4 is 0 Å². The summed E-state index contributed by atoms with van der Waals surface area (Å²) >= 11 is 0. The summed E-state index contributed by atoms with van der Waals surface area (Å²) in [6.45, 7) is 9.62. The molecule has 0 saturated heterocycles. The fourth-order valence-corrected chi connectivity index (χ4v) is 7.64. The van der Waals surface area contributed by atoms with Crippen LogP contribution in [0.15, 0.2) is 16.8 Å². The van der Waals surface area contributed by atoms with Gasteiger partial charge in [-0.1, -0.05) is 31.5 Å². The standard InChI is InChI=1S/C26H45N2O/c1-19-8-11-23-22-10-9-20-18-21(27-29-17-7-16-28(4,5)6)12-14-26(20,3)24(22)13-15-25(19,23)2/h18-19,22-24H,7-17H2,1-6H3/q+1/b27-21-/t19-,22-,23-,24-,25+,26-/m0/s1. The third-order valence-electron chi connectivity index (χ3n) is 9.70. The van der Waals surface area contributed by atoms with Crippen LogP contribution in [-0.2, 0) is 4.84 Å². The maximum Gasteiger partial charge on any atom is 0.122 e. The molecular weight excluding hydrogens is 356 g/mol. The van der Waals surface area contributed by atoms with Gasteiger partial charge in [0.05, 0.1) is 33.4 Å². The van der Waals surface area contributed by atoms with Gasteiger partial charge in [-0.05, 0) is 91.9 Å². The molecule has 4 aliphatic carbocycles. The quantitative estimate of drug-likeness (QED) is 0.312. The van der Waals surface area contributed by atoms with Gasteiger partial charge < -0.3 is 9.32 Å². The summed E-state index contributed by atoms with van der Waals surface area (Å²) in [5, 5.41) is 4.54. The minimum atomic E-state index is 0.415. The molecule has 0 aromatic heterocycles. The monoisotopic (exact) mass is 401 g/mol. The summed E-state index contributed by atoms with van der Waals surface area (Å²) in [5.41, 5.74) is 3.92. The van der Waals surface area contributed by atoms with E-state index in [0.29, 0.717) is 10.8 Å². The lowest BCUT2D eigenvalue weighted by atomic mass is 9.47. The lowest BCUT2D eigenvalue weighted by molar-refractivity contribution is -0.870. The number of allylic oxidation sites excluding steroid dienone is 2. The molecular formula is C26H45N2O+. The summed E-state index contributed by atoms with van der Waals surface area (Å²) < 4.78 is 0.990. The largest absolute Gasteiger partial charge is 0.395 e. The van der Waals surface area contributed by atoms with Crippen LogP contribution in [0.3, 0.4) is 0 Å². The van der Waals surface area contributed by atoms with E-state index in [0.717, 1.165) is 54.1 Å². The van der Waals surface area contributed by atoms with Crippen molar-refractivity contribution in [2.24, 2.45) is 39.7 Å². The van der Waals surface area contributed by atoms with E-state index in [1.165, 1.54) is 50.7 Å². The van der Waals surface area contributed by atoms with E-state index in [1.807, 2.05) is 0 Å². The third-order valence-corrected chi connectivity index (χ3v) is 9.70. The molecule has 0 aromatic carbocycles. The van der Waals surface area contributed by atoms with Crippen LogP contribution in [0.25, 0.3) is 0 Å². The molecule has 4 rings (SSSR count). The van der Waals surface area contributed by atoms with E-state index in [1.54, 1.807) is 5.57 Å². The van der Waals surface area contributed by atoms with Crippen molar-refractivity contribution in [1.29, 1.82) is 0 Å². The van der Waals surface area contributed by atoms with Crippen molar-refractivity contribution in [2.75, 3.05) is 34.3 Å². The van der Waals surface area contributed by atoms with E-state index in [2.05, 4.69) is 53.1 Å². The Hall–Kier alpha value is -0.830. The van der Waals surface area contributed by atoms with Gasteiger partial charge in [-0.3, -0.25) is 0 Å². The molecule has 0 aliphatic heterocycles. The highest BCUT2D eigenvalue weighted by atomic mass is 16.6. The number of rotatable bonds is 5. The molecule has 3 saturated carbocycles. The van der Waals surface area contributed by atoms with Gasteiger partial charge >= 0.3 is 0 Å². The Balaban J connectivity index is 1.42. The van der Waals surface area contributed by atoms with Crippen molar-refractivity contribution in [2.45, 2.75) is 78.6 Å². The molecule has 164 valence electrons. The van der Waals surface area contributed by atoms with Gasteiger partial charge in [0.25, 0.3) is 0 Å². The highest BCUT2D eigenvalue weighted by Crippen LogP contribution is 2.66. The first kappa shape index (κ1) is 21.4. The molecule has 3 nitrogen and oxygen atoms in total. The van der Waals surface area contributed by atoms with Crippen molar-refractivity contribution < 1.29 is 9.32 Å². The Bertz CT molecular complexity index is 675. The van der Waals surface area contributed by atoms with Crippen molar-refractivity contribution in [3.05, 3.63) is 11.6 Å². The van der Waals surface area contributed by atoms with Crippen molar-refractivity contribution >= 4 is 5.71 Å². The Morgan fingerprint density at radius 3 is 2.59 bits per heavy atom. The van der Waals surface area contributed by atoms with Gasteiger partial charge in [-0.2, -0.15) is 0 Å². The predicted molar refractivity (Wildman–Crippen MR) is 122 cm³/mol. The van der Waals surface area contributed by atoms with Gasteiger partial charge in [0, 0.05) is 6.42 Å². The summed E-state index contributed by atoms with van der Waals surface area (Å²) in [4.78, 5) is 5.70. The number of nitrogens with zero attached hydrogens (tertiary/aromatic N) is 2. The van der Waals surface area contributed by atoms with E-state index >= 15 is 0 Å². The van der Waals surface area contributed by atoms with Gasteiger partial charge in [0.2, 0.25) is 0 Å². The molecule has 0 radical (unpaired) electrons. The number of oxime groups is 1. The van der Waals surface area contributed by atoms with E-state index in [4.69, 9.17) is 4.84 Å². The molecule has 6 atom stereocenters. The number of fused-ring (bicyclic) bond motifs is 5. The second kappa shape index (κ2) is 7.70. The molecule has 4 aliphatic rings. The van der Waals surface area contributed by atoms with Crippen LogP contribution in [0.2, 0.25) is 0 Å². The molecule has 3 fully saturated rings. The third kappa shape index (κ3) is 3.93. The van der Waals surface area contributed by atoms with Crippen LogP contribution in [0.5, 0.6) is 0 Å². The van der Waals surface area contributed by atoms with Crippen LogP contribution in [-0.4, -0.2) is 44.5 Å². The molecule has 0 aromatic rings. The second-order valence-electron chi connectivity index (χ2n) is 12.3. The molecule has 0 bridgehead atoms. The van der Waals surface area contributed by atoms with Crippen molar-refractivity contribution in [3.8, 4) is 0 Å². The lowest BCUT2D eigenvalue weighted by Crippen LogP contribution is -2.50. The Labute approximate surface area is 179 Å². The Morgan fingerprint density at radius 2 is 1.83 bits per heavy atom. The number of hydrogen-bond donors (Lipinski definition) is 0. The molecule has 0 N–H and O–H groups in total. The second-order valence-corrected chi connectivity index (χ2v) is 12.3. The SMILES string of the molecule is C[C@H]1CC[C@H]2[C@@H]3CCC4=C/C(=N\OCCC[N+](C)(C)C)CC[C@]4(C)[C@H]3CC[C@]12C. The highest BCUT2D eigenvalue weighted by Gasteiger charge is 2.57. The zero-order valence-electron chi connectivity index (χ0n) is 20.0. The Kier molecular flexibility index (Phi) is 5.68. The van der Waals surface area contributed by atoms with Gasteiger partial charge in [-0.25, -0.2) is 0 Å². The van der Waals surface area contributed by atoms with Crippen LogP contribution in [0.4, 0.5) is 0 Å². The van der Waals surface area contributed by atoms with Gasteiger partial charge in [-0.15, -0.1) is 0 Å². The van der Waals surface area contributed by atoms with Crippen LogP contribution >= 0.6 is 0 Å². The number of hydrogen-bond acceptors (Lipinski definition) is 2. The average Bonchev–Trinajstić information content (AvgIpc) is 2.95. The maximum absolute atomic E-state index is 5.70. The van der Waals surface area contributed by atoms with E-state index < -0.39 is 0 Å². The predicted octanol–water partition coefficient (Wildman–Crippen LogP) is 6.05. The van der Waals surface area contributed by atoms with Gasteiger partial charge in [0.15, 0.2) is 0 Å². The Morgan fingerprint density at radius 1 is 1.03 bits per heavy atom. The molecule has 0 spiro atoms. The van der Waals surface area contributed by atoms with Crippen molar-refractivity contribution in [1.82, 2.24) is 0 Å². The molecule has 29 heavy (non-hydrogen) atoms. The minimum absolute atomic E-state index is 0.415. The maximum atomic E-state index is 5.70. The topological polar surface area (TPSA) is 21.6 Å². The summed E-state index contributed by atoms with van der Waals surface area (Å²) in [6.07, 6.45) is 14.4. The molecule has 0 amide bonds. The first-order valence-corrected chi connectivity index (χ1v) is 12.3. The smallest absolute Gasteiger partial charge is 0.122 e. The molecule has 0 unspecified atom stereocenters. The average molecular weight is 402 g/mol. The van der Waals surface area contributed by atoms with Gasteiger partial charge in [0.1, 0.15) is 6.61 Å². The van der Waals surface area contributed by atoms with Crippen LogP contribution in [0, 0.1) is 34.5 Å². The fourth-order valence-electron chi connectivity index (χ4n) is 7.64. The minimum Gasteiger partial charge on any atom is -0.395 e. The number of quaternary nitrogens is 1. The summed E-state index contributed by atoms with van der Waals surface area (Å²) in [5.74, 6) is 3.77. The summed E-state index contributed by atoms with van der Waals surface area (Å²) in [7, 11) is 6.69. The highest BCUT2D eigenvalue weighted by molar-refractivity contribution is 5.96. The molecule has 0 heterocycles. The zero-order chi connectivity index (χ0) is 20.9. The lowest BCUT2D eigenvalue weighted by Gasteiger charge is -2.58. The molecule has 3 heteroatoms. The fraction of sp³-hybridized carbons (Fsp3) is 0.885. The van der Waals surface area contributed by atoms with Crippen LogP contribution in [0.1, 0.15) is 78.6 Å². The normalized spacial score (nSPS) is 43.4. The first-order valence-electron chi connectivity index (χ1n) is 12.3. The first-order chi connectivity index (χ1) is 13.6. The zero-order valence-corrected chi connectivity index (χ0v) is 20.0.